The summed E-state index contributed by atoms with van der Waals surface area (Å²) in [6.45, 7) is 13.8. The molecule has 0 atom stereocenters. The van der Waals surface area contributed by atoms with Crippen molar-refractivity contribution in [2.24, 2.45) is 0 Å². The molecule has 1 aromatic rings. The van der Waals surface area contributed by atoms with Crippen molar-refractivity contribution >= 4 is 30.1 Å². The second-order valence-electron chi connectivity index (χ2n) is 7.85. The fourth-order valence-corrected chi connectivity index (χ4v) is 3.01. The normalized spacial score (nSPS) is 19.4. The summed E-state index contributed by atoms with van der Waals surface area (Å²) in [6.07, 6.45) is 0.429. The summed E-state index contributed by atoms with van der Waals surface area (Å²) in [5.74, 6) is -0.0166. The van der Waals surface area contributed by atoms with E-state index < -0.39 is 23.9 Å². The van der Waals surface area contributed by atoms with Crippen LogP contribution in [0.1, 0.15) is 60.5 Å². The molecule has 132 valence electrons. The van der Waals surface area contributed by atoms with E-state index in [1.807, 2.05) is 66.7 Å². The molecule has 1 aliphatic rings. The van der Waals surface area contributed by atoms with Gasteiger partial charge < -0.3 is 14.6 Å². The van der Waals surface area contributed by atoms with E-state index in [1.165, 1.54) is 0 Å². The second-order valence-corrected chi connectivity index (χ2v) is 8.26. The lowest BCUT2D eigenvalue weighted by Gasteiger charge is -2.32. The fraction of sp³-hybridized carbons (Fsp3) is 0.611. The first-order valence-electron chi connectivity index (χ1n) is 8.36. The van der Waals surface area contributed by atoms with Crippen LogP contribution in [0.4, 0.5) is 0 Å². The summed E-state index contributed by atoms with van der Waals surface area (Å²) in [5.41, 5.74) is 0.362. The zero-order valence-corrected chi connectivity index (χ0v) is 16.4. The van der Waals surface area contributed by atoms with Crippen LogP contribution in [-0.4, -0.2) is 24.2 Å². The molecule has 0 spiro atoms. The number of carbonyl (C=O) groups excluding carboxylic acids is 1. The number of hydrogen-bond acceptors (Lipinski definition) is 3. The topological polar surface area (TPSA) is 47.6 Å². The smallest absolute Gasteiger partial charge is 0.399 e. The predicted molar refractivity (Wildman–Crippen MR) is 98.6 cm³/mol. The molecular weight excluding hydrogens is 324 g/mol. The molecule has 1 amide bonds. The lowest BCUT2D eigenvalue weighted by molar-refractivity contribution is -0.122. The van der Waals surface area contributed by atoms with Crippen LogP contribution in [0.25, 0.3) is 0 Å². The predicted octanol–water partition coefficient (Wildman–Crippen LogP) is 3.40. The molecule has 1 aliphatic heterocycles. The summed E-state index contributed by atoms with van der Waals surface area (Å²) in [6, 6.07) is 5.70. The van der Waals surface area contributed by atoms with Gasteiger partial charge in [0.1, 0.15) is 0 Å². The molecule has 1 saturated heterocycles. The van der Waals surface area contributed by atoms with Gasteiger partial charge in [0.2, 0.25) is 5.91 Å². The monoisotopic (exact) mass is 351 g/mol. The van der Waals surface area contributed by atoms with Gasteiger partial charge in [0.05, 0.1) is 16.7 Å². The van der Waals surface area contributed by atoms with Gasteiger partial charge in [-0.25, -0.2) is 0 Å². The largest absolute Gasteiger partial charge is 0.494 e. The van der Waals surface area contributed by atoms with Gasteiger partial charge in [-0.3, -0.25) is 4.79 Å². The summed E-state index contributed by atoms with van der Waals surface area (Å²) in [7, 11) is -0.455. The summed E-state index contributed by atoms with van der Waals surface area (Å²) < 4.78 is 12.2. The maximum atomic E-state index is 11.8. The number of rotatable bonds is 4. The standard InChI is InChI=1S/C18H27BClNO3/c1-8-15(22)21-16(2,3)13-11-12(9-10-14(13)20)19-23-17(4,5)18(6,7)24-19/h9-11H,8H2,1-7H3,(H,21,22). The second kappa shape index (κ2) is 6.36. The Hall–Kier alpha value is -1.04. The molecule has 0 aliphatic carbocycles. The third-order valence-electron chi connectivity index (χ3n) is 4.96. The molecule has 0 radical (unpaired) electrons. The van der Waals surface area contributed by atoms with Crippen LogP contribution < -0.4 is 10.8 Å². The van der Waals surface area contributed by atoms with Gasteiger partial charge in [-0.1, -0.05) is 30.7 Å². The Morgan fingerprint density at radius 2 is 1.75 bits per heavy atom. The SMILES string of the molecule is CCC(=O)NC(C)(C)c1cc(B2OC(C)(C)C(C)(C)O2)ccc1Cl. The number of halogens is 1. The highest BCUT2D eigenvalue weighted by Crippen LogP contribution is 2.37. The van der Waals surface area contributed by atoms with E-state index in [1.54, 1.807) is 0 Å². The highest BCUT2D eigenvalue weighted by atomic mass is 35.5. The maximum absolute atomic E-state index is 11.8. The van der Waals surface area contributed by atoms with Gasteiger partial charge in [-0.05, 0) is 58.6 Å². The zero-order chi connectivity index (χ0) is 18.3. The summed E-state index contributed by atoms with van der Waals surface area (Å²) in [4.78, 5) is 11.8. The fourth-order valence-electron chi connectivity index (χ4n) is 2.65. The van der Waals surface area contributed by atoms with Gasteiger partial charge in [0, 0.05) is 11.4 Å². The molecule has 24 heavy (non-hydrogen) atoms. The van der Waals surface area contributed by atoms with E-state index in [0.29, 0.717) is 11.4 Å². The molecular formula is C18H27BClNO3. The quantitative estimate of drug-likeness (QED) is 0.846. The minimum Gasteiger partial charge on any atom is -0.399 e. The minimum atomic E-state index is -0.580. The first-order valence-corrected chi connectivity index (χ1v) is 8.74. The van der Waals surface area contributed by atoms with Crippen molar-refractivity contribution < 1.29 is 14.1 Å². The lowest BCUT2D eigenvalue weighted by atomic mass is 9.76. The number of hydrogen-bond donors (Lipinski definition) is 1. The number of benzene rings is 1. The zero-order valence-electron chi connectivity index (χ0n) is 15.6. The Morgan fingerprint density at radius 1 is 1.21 bits per heavy atom. The van der Waals surface area contributed by atoms with Crippen molar-refractivity contribution in [3.63, 3.8) is 0 Å². The maximum Gasteiger partial charge on any atom is 0.494 e. The molecule has 0 unspecified atom stereocenters. The Labute approximate surface area is 150 Å². The molecule has 0 aromatic heterocycles. The molecule has 1 aromatic carbocycles. The third-order valence-corrected chi connectivity index (χ3v) is 5.29. The minimum absolute atomic E-state index is 0.0166. The van der Waals surface area contributed by atoms with E-state index in [2.05, 4.69) is 5.32 Å². The van der Waals surface area contributed by atoms with Crippen molar-refractivity contribution in [3.05, 3.63) is 28.8 Å². The van der Waals surface area contributed by atoms with E-state index in [4.69, 9.17) is 20.9 Å². The molecule has 4 nitrogen and oxygen atoms in total. The van der Waals surface area contributed by atoms with Gasteiger partial charge in [0.25, 0.3) is 0 Å². The van der Waals surface area contributed by atoms with Gasteiger partial charge in [0.15, 0.2) is 0 Å². The van der Waals surface area contributed by atoms with E-state index in [-0.39, 0.29) is 5.91 Å². The molecule has 6 heteroatoms. The van der Waals surface area contributed by atoms with Crippen molar-refractivity contribution in [2.45, 2.75) is 71.6 Å². The van der Waals surface area contributed by atoms with Gasteiger partial charge in [-0.2, -0.15) is 0 Å². The number of amides is 1. The highest BCUT2D eigenvalue weighted by molar-refractivity contribution is 6.62. The van der Waals surface area contributed by atoms with Crippen LogP contribution in [0.15, 0.2) is 18.2 Å². The Morgan fingerprint density at radius 3 is 2.25 bits per heavy atom. The molecule has 0 saturated carbocycles. The third kappa shape index (κ3) is 3.63. The number of carbonyl (C=O) groups is 1. The van der Waals surface area contributed by atoms with Crippen molar-refractivity contribution in [1.29, 1.82) is 0 Å². The molecule has 1 N–H and O–H groups in total. The molecule has 1 fully saturated rings. The van der Waals surface area contributed by atoms with E-state index in [9.17, 15) is 4.79 Å². The number of nitrogens with one attached hydrogen (secondary N) is 1. The van der Waals surface area contributed by atoms with Crippen molar-refractivity contribution in [1.82, 2.24) is 5.32 Å². The Balaban J connectivity index is 2.35. The van der Waals surface area contributed by atoms with Crippen LogP contribution in [-0.2, 0) is 19.6 Å². The van der Waals surface area contributed by atoms with Crippen LogP contribution in [0.5, 0.6) is 0 Å². The highest BCUT2D eigenvalue weighted by Gasteiger charge is 2.51. The first kappa shape index (κ1) is 19.3. The average molecular weight is 352 g/mol. The van der Waals surface area contributed by atoms with Crippen LogP contribution in [0, 0.1) is 0 Å². The van der Waals surface area contributed by atoms with E-state index >= 15 is 0 Å². The molecule has 1 heterocycles. The van der Waals surface area contributed by atoms with Gasteiger partial charge in [-0.15, -0.1) is 0 Å². The Kier molecular flexibility index (Phi) is 5.11. The summed E-state index contributed by atoms with van der Waals surface area (Å²) in [5, 5.41) is 3.62. The first-order chi connectivity index (χ1) is 10.9. The van der Waals surface area contributed by atoms with Crippen molar-refractivity contribution in [3.8, 4) is 0 Å². The van der Waals surface area contributed by atoms with Crippen LogP contribution >= 0.6 is 11.6 Å². The van der Waals surface area contributed by atoms with E-state index in [0.717, 1.165) is 11.0 Å². The van der Waals surface area contributed by atoms with Crippen molar-refractivity contribution in [2.75, 3.05) is 0 Å². The summed E-state index contributed by atoms with van der Waals surface area (Å²) >= 11 is 6.39. The van der Waals surface area contributed by atoms with Crippen LogP contribution in [0.3, 0.4) is 0 Å². The Bertz CT molecular complexity index is 627. The van der Waals surface area contributed by atoms with Crippen LogP contribution in [0.2, 0.25) is 5.02 Å². The molecule has 0 bridgehead atoms. The molecule has 2 rings (SSSR count). The van der Waals surface area contributed by atoms with Gasteiger partial charge >= 0.3 is 7.12 Å². The average Bonchev–Trinajstić information content (AvgIpc) is 2.67. The lowest BCUT2D eigenvalue weighted by Crippen LogP contribution is -2.42.